The molecule has 0 unspecified atom stereocenters. The van der Waals surface area contributed by atoms with E-state index >= 15 is 0 Å². The van der Waals surface area contributed by atoms with Crippen LogP contribution >= 0.6 is 11.6 Å². The molecule has 0 aromatic heterocycles. The molecule has 0 fully saturated rings. The Balaban J connectivity index is 0. The van der Waals surface area contributed by atoms with Gasteiger partial charge in [0.25, 0.3) is 11.4 Å². The second-order valence-electron chi connectivity index (χ2n) is 8.79. The SMILES string of the molecule is C=CC(C)(C)C.CC(C)(C)/C=C/c1ccccc1[N+](=O)[O-].O=[N+]([O-])c1ccccc1Cl.[Pd]. The van der Waals surface area contributed by atoms with Crippen molar-refractivity contribution < 1.29 is 30.3 Å². The van der Waals surface area contributed by atoms with Crippen molar-refractivity contribution >= 4 is 29.1 Å². The maximum atomic E-state index is 10.7. The molecule has 0 heterocycles. The molecule has 0 amide bonds. The normalized spacial score (nSPS) is 10.6. The van der Waals surface area contributed by atoms with Gasteiger partial charge in [-0.1, -0.05) is 95.6 Å². The predicted octanol–water partition coefficient (Wildman–Crippen LogP) is 8.12. The Morgan fingerprint density at radius 1 is 0.812 bits per heavy atom. The fraction of sp³-hybridized carbons (Fsp3) is 0.333. The van der Waals surface area contributed by atoms with Gasteiger partial charge >= 0.3 is 0 Å². The van der Waals surface area contributed by atoms with Gasteiger partial charge in [-0.15, -0.1) is 6.58 Å². The second-order valence-corrected chi connectivity index (χ2v) is 9.20. The molecule has 0 spiro atoms. The van der Waals surface area contributed by atoms with Gasteiger partial charge in [-0.2, -0.15) is 0 Å². The van der Waals surface area contributed by atoms with Gasteiger partial charge in [0.1, 0.15) is 5.02 Å². The molecule has 8 heteroatoms. The van der Waals surface area contributed by atoms with E-state index in [-0.39, 0.29) is 47.2 Å². The van der Waals surface area contributed by atoms with E-state index in [0.29, 0.717) is 11.0 Å². The number of benzene rings is 2. The number of nitrogens with zero attached hydrogens (tertiary/aromatic N) is 2. The van der Waals surface area contributed by atoms with Crippen LogP contribution in [-0.2, 0) is 20.4 Å². The predicted molar refractivity (Wildman–Crippen MR) is 129 cm³/mol. The molecule has 0 atom stereocenters. The number of allylic oxidation sites excluding steroid dienone is 2. The molecule has 2 rings (SSSR count). The van der Waals surface area contributed by atoms with Gasteiger partial charge in [0, 0.05) is 32.6 Å². The maximum absolute atomic E-state index is 10.7. The van der Waals surface area contributed by atoms with Gasteiger partial charge in [-0.25, -0.2) is 0 Å². The van der Waals surface area contributed by atoms with Gasteiger partial charge in [0.15, 0.2) is 0 Å². The molecule has 2 aromatic carbocycles. The quantitative estimate of drug-likeness (QED) is 0.166. The monoisotopic (exact) mass is 552 g/mol. The smallest absolute Gasteiger partial charge is 0.258 e. The van der Waals surface area contributed by atoms with E-state index in [1.165, 1.54) is 18.2 Å². The summed E-state index contributed by atoms with van der Waals surface area (Å²) in [4.78, 5) is 20.0. The number of halogens is 1. The Bertz CT molecular complexity index is 917. The Kier molecular flexibility index (Phi) is 14.6. The Morgan fingerprint density at radius 3 is 1.56 bits per heavy atom. The molecule has 0 N–H and O–H groups in total. The van der Waals surface area contributed by atoms with E-state index in [0.717, 1.165) is 0 Å². The zero-order valence-corrected chi connectivity index (χ0v) is 21.6. The fourth-order valence-corrected chi connectivity index (χ4v) is 1.94. The Hall–Kier alpha value is -2.33. The van der Waals surface area contributed by atoms with E-state index in [2.05, 4.69) is 48.1 Å². The van der Waals surface area contributed by atoms with Crippen LogP contribution in [0.4, 0.5) is 11.4 Å². The molecular formula is C24H31ClN2O4Pd. The molecular weight excluding hydrogens is 522 g/mol. The summed E-state index contributed by atoms with van der Waals surface area (Å²) in [6.45, 7) is 16.2. The minimum atomic E-state index is -0.512. The molecule has 32 heavy (non-hydrogen) atoms. The molecule has 0 aliphatic heterocycles. The van der Waals surface area contributed by atoms with Gasteiger partial charge < -0.3 is 0 Å². The molecule has 0 saturated carbocycles. The molecule has 0 aliphatic rings. The minimum absolute atomic E-state index is 0. The molecule has 2 aromatic rings. The molecule has 0 aliphatic carbocycles. The molecule has 0 radical (unpaired) electrons. The first-order valence-corrected chi connectivity index (χ1v) is 10.0. The summed E-state index contributed by atoms with van der Waals surface area (Å²) >= 11 is 5.48. The molecule has 6 nitrogen and oxygen atoms in total. The average molecular weight is 553 g/mol. The number of nitro benzene ring substituents is 2. The topological polar surface area (TPSA) is 86.3 Å². The fourth-order valence-electron chi connectivity index (χ4n) is 1.73. The number of para-hydroxylation sites is 2. The number of rotatable bonds is 3. The average Bonchev–Trinajstić information content (AvgIpc) is 2.66. The summed E-state index contributed by atoms with van der Waals surface area (Å²) in [6.07, 6.45) is 5.71. The van der Waals surface area contributed by atoms with Crippen LogP contribution in [0.1, 0.15) is 47.1 Å². The number of hydrogen-bond donors (Lipinski definition) is 0. The molecule has 0 saturated heterocycles. The summed E-state index contributed by atoms with van der Waals surface area (Å²) < 4.78 is 0. The Morgan fingerprint density at radius 2 is 1.22 bits per heavy atom. The summed E-state index contributed by atoms with van der Waals surface area (Å²) in [6, 6.07) is 12.8. The largest absolute Gasteiger partial charge is 0.287 e. The van der Waals surface area contributed by atoms with E-state index in [1.54, 1.807) is 36.4 Å². The third-order valence-corrected chi connectivity index (χ3v) is 3.88. The van der Waals surface area contributed by atoms with Crippen molar-refractivity contribution in [2.24, 2.45) is 10.8 Å². The third-order valence-electron chi connectivity index (χ3n) is 3.56. The zero-order chi connectivity index (χ0) is 24.2. The summed E-state index contributed by atoms with van der Waals surface area (Å²) in [5, 5.41) is 21.0. The van der Waals surface area contributed by atoms with Gasteiger partial charge in [0.05, 0.1) is 15.4 Å². The first-order valence-electron chi connectivity index (χ1n) is 9.63. The van der Waals surface area contributed by atoms with Gasteiger partial charge in [0.2, 0.25) is 0 Å². The maximum Gasteiger partial charge on any atom is 0.287 e. The van der Waals surface area contributed by atoms with Crippen LogP contribution in [0.3, 0.4) is 0 Å². The van der Waals surface area contributed by atoms with Crippen molar-refractivity contribution in [1.29, 1.82) is 0 Å². The van der Waals surface area contributed by atoms with Crippen molar-refractivity contribution in [2.45, 2.75) is 41.5 Å². The number of hydrogen-bond acceptors (Lipinski definition) is 4. The van der Waals surface area contributed by atoms with Crippen molar-refractivity contribution in [3.8, 4) is 0 Å². The van der Waals surface area contributed by atoms with Crippen LogP contribution in [-0.4, -0.2) is 9.85 Å². The van der Waals surface area contributed by atoms with Crippen molar-refractivity contribution in [2.75, 3.05) is 0 Å². The van der Waals surface area contributed by atoms with Crippen molar-refractivity contribution in [3.63, 3.8) is 0 Å². The summed E-state index contributed by atoms with van der Waals surface area (Å²) in [5.74, 6) is 0. The molecule has 178 valence electrons. The van der Waals surface area contributed by atoms with Crippen LogP contribution in [0.5, 0.6) is 0 Å². The first kappa shape index (κ1) is 31.9. The third kappa shape index (κ3) is 14.6. The molecule has 0 bridgehead atoms. The van der Waals surface area contributed by atoms with E-state index < -0.39 is 4.92 Å². The second kappa shape index (κ2) is 14.7. The summed E-state index contributed by atoms with van der Waals surface area (Å²) in [7, 11) is 0. The van der Waals surface area contributed by atoms with Crippen LogP contribution in [0.2, 0.25) is 5.02 Å². The van der Waals surface area contributed by atoms with E-state index in [1.807, 2.05) is 12.2 Å². The van der Waals surface area contributed by atoms with Gasteiger partial charge in [-0.05, 0) is 23.0 Å². The van der Waals surface area contributed by atoms with Crippen LogP contribution in [0.15, 0.2) is 67.3 Å². The zero-order valence-electron chi connectivity index (χ0n) is 19.3. The van der Waals surface area contributed by atoms with Crippen LogP contribution in [0.25, 0.3) is 6.08 Å². The standard InChI is InChI=1S/C12H15NO2.C6H4ClNO2.C6H12.Pd/c1-12(2,3)9-8-10-6-4-5-7-11(10)13(14)15;7-5-3-1-2-4-6(5)8(9)10;1-5-6(2,3)4;/h4-9H,1-3H3;1-4H;5H,1H2,2-4H3;/b9-8+;;;. The van der Waals surface area contributed by atoms with Crippen LogP contribution in [0, 0.1) is 31.1 Å². The minimum Gasteiger partial charge on any atom is -0.258 e. The Labute approximate surface area is 209 Å². The van der Waals surface area contributed by atoms with E-state index in [9.17, 15) is 20.2 Å². The van der Waals surface area contributed by atoms with E-state index in [4.69, 9.17) is 11.6 Å². The first-order chi connectivity index (χ1) is 14.2. The van der Waals surface area contributed by atoms with Gasteiger partial charge in [-0.3, -0.25) is 20.2 Å². The van der Waals surface area contributed by atoms with Crippen LogP contribution < -0.4 is 0 Å². The summed E-state index contributed by atoms with van der Waals surface area (Å²) in [5.41, 5.74) is 1.09. The van der Waals surface area contributed by atoms with Crippen molar-refractivity contribution in [1.82, 2.24) is 0 Å². The van der Waals surface area contributed by atoms with Crippen molar-refractivity contribution in [3.05, 3.63) is 98.1 Å². The number of nitro groups is 2.